The molecule has 3 aromatic rings. The molecule has 3 aromatic carbocycles. The van der Waals surface area contributed by atoms with Gasteiger partial charge in [-0.15, -0.1) is 0 Å². The summed E-state index contributed by atoms with van der Waals surface area (Å²) in [6.07, 6.45) is -2.07. The summed E-state index contributed by atoms with van der Waals surface area (Å²) in [4.78, 5) is 12.9. The van der Waals surface area contributed by atoms with Gasteiger partial charge in [-0.05, 0) is 30.0 Å². The Morgan fingerprint density at radius 1 is 0.769 bits per heavy atom. The van der Waals surface area contributed by atoms with Gasteiger partial charge in [0.25, 0.3) is 0 Å². The third-order valence-corrected chi connectivity index (χ3v) is 7.31. The SMILES string of the molecule is CCOC(=O)C1CC12O[C@H](OC)[C@H](OCc1ccccc1)[C@@H](OCc1ccccc1)[C@@H]2OCc1ccccc1. The van der Waals surface area contributed by atoms with Gasteiger partial charge in [-0.3, -0.25) is 4.79 Å². The predicted octanol–water partition coefficient (Wildman–Crippen LogP) is 5.07. The van der Waals surface area contributed by atoms with Gasteiger partial charge < -0.3 is 28.4 Å². The molecule has 1 aliphatic carbocycles. The minimum Gasteiger partial charge on any atom is -0.466 e. The molecular weight excluding hydrogens is 496 g/mol. The first kappa shape index (κ1) is 27.5. The summed E-state index contributed by atoms with van der Waals surface area (Å²) in [7, 11) is 1.58. The van der Waals surface area contributed by atoms with E-state index in [2.05, 4.69) is 0 Å². The maximum absolute atomic E-state index is 12.9. The van der Waals surface area contributed by atoms with Gasteiger partial charge in [0.15, 0.2) is 6.29 Å². The average Bonchev–Trinajstić information content (AvgIpc) is 3.70. The zero-order valence-corrected chi connectivity index (χ0v) is 22.4. The van der Waals surface area contributed by atoms with Gasteiger partial charge in [-0.2, -0.15) is 0 Å². The van der Waals surface area contributed by atoms with Crippen LogP contribution in [0.1, 0.15) is 30.0 Å². The van der Waals surface area contributed by atoms with E-state index >= 15 is 0 Å². The van der Waals surface area contributed by atoms with Crippen LogP contribution in [0.4, 0.5) is 0 Å². The standard InChI is InChI=1S/C32H36O7/c1-3-35-30(33)26-19-32(26)29(38-22-25-17-11-6-12-18-25)27(36-20-23-13-7-4-8-14-23)28(31(34-2)39-32)37-21-24-15-9-5-10-16-24/h4-18,26-29,31H,3,19-22H2,1-2H3/t26?,27-,28-,29+,31+,32?/m1/s1. The molecule has 0 N–H and O–H groups in total. The smallest absolute Gasteiger partial charge is 0.312 e. The highest BCUT2D eigenvalue weighted by Gasteiger charge is 2.72. The number of benzene rings is 3. The van der Waals surface area contributed by atoms with Crippen LogP contribution in [0.3, 0.4) is 0 Å². The van der Waals surface area contributed by atoms with E-state index in [0.29, 0.717) is 32.8 Å². The van der Waals surface area contributed by atoms with Crippen LogP contribution in [0, 0.1) is 5.92 Å². The first-order chi connectivity index (χ1) is 19.1. The average molecular weight is 533 g/mol. The van der Waals surface area contributed by atoms with Crippen LogP contribution in [0.5, 0.6) is 0 Å². The fourth-order valence-corrected chi connectivity index (χ4v) is 5.25. The molecule has 1 aliphatic heterocycles. The normalized spacial score (nSPS) is 27.8. The molecule has 2 aliphatic rings. The first-order valence-electron chi connectivity index (χ1n) is 13.5. The molecule has 7 heteroatoms. The number of carbonyl (C=O) groups excluding carboxylic acids is 1. The largest absolute Gasteiger partial charge is 0.466 e. The van der Waals surface area contributed by atoms with Crippen molar-refractivity contribution in [2.24, 2.45) is 5.92 Å². The van der Waals surface area contributed by atoms with Gasteiger partial charge in [0.2, 0.25) is 0 Å². The van der Waals surface area contributed by atoms with Crippen LogP contribution >= 0.6 is 0 Å². The van der Waals surface area contributed by atoms with Crippen molar-refractivity contribution in [1.82, 2.24) is 0 Å². The molecule has 206 valence electrons. The third-order valence-electron chi connectivity index (χ3n) is 7.31. The lowest BCUT2D eigenvalue weighted by Crippen LogP contribution is -2.62. The number of carbonyl (C=O) groups is 1. The molecule has 1 saturated heterocycles. The molecule has 0 amide bonds. The van der Waals surface area contributed by atoms with E-state index in [-0.39, 0.29) is 5.97 Å². The quantitative estimate of drug-likeness (QED) is 0.302. The summed E-state index contributed by atoms with van der Waals surface area (Å²) < 4.78 is 37.4. The molecule has 2 fully saturated rings. The highest BCUT2D eigenvalue weighted by Crippen LogP contribution is 2.56. The van der Waals surface area contributed by atoms with Crippen molar-refractivity contribution in [2.45, 2.75) is 63.4 Å². The van der Waals surface area contributed by atoms with Crippen molar-refractivity contribution in [3.8, 4) is 0 Å². The van der Waals surface area contributed by atoms with E-state index in [1.165, 1.54) is 0 Å². The van der Waals surface area contributed by atoms with Crippen molar-refractivity contribution in [1.29, 1.82) is 0 Å². The highest BCUT2D eigenvalue weighted by atomic mass is 16.7. The molecule has 5 rings (SSSR count). The van der Waals surface area contributed by atoms with Crippen LogP contribution in [-0.4, -0.2) is 49.9 Å². The van der Waals surface area contributed by atoms with E-state index in [9.17, 15) is 4.79 Å². The molecule has 0 bridgehead atoms. The number of rotatable bonds is 12. The Morgan fingerprint density at radius 3 is 1.74 bits per heavy atom. The molecule has 6 atom stereocenters. The number of ether oxygens (including phenoxy) is 6. The maximum atomic E-state index is 12.9. The molecule has 1 heterocycles. The Kier molecular flexibility index (Phi) is 9.06. The number of hydrogen-bond donors (Lipinski definition) is 0. The van der Waals surface area contributed by atoms with Crippen LogP contribution in [0.25, 0.3) is 0 Å². The Balaban J connectivity index is 1.46. The van der Waals surface area contributed by atoms with E-state index < -0.39 is 36.1 Å². The molecular formula is C32H36O7. The summed E-state index contributed by atoms with van der Waals surface area (Å²) in [6, 6.07) is 29.8. The lowest BCUT2D eigenvalue weighted by molar-refractivity contribution is -0.329. The van der Waals surface area contributed by atoms with Crippen molar-refractivity contribution < 1.29 is 33.2 Å². The Bertz CT molecular complexity index is 1170. The van der Waals surface area contributed by atoms with E-state index in [1.807, 2.05) is 91.0 Å². The van der Waals surface area contributed by atoms with E-state index in [1.54, 1.807) is 14.0 Å². The molecule has 7 nitrogen and oxygen atoms in total. The summed E-state index contributed by atoms with van der Waals surface area (Å²) in [6.45, 7) is 3.12. The van der Waals surface area contributed by atoms with Crippen LogP contribution in [0.15, 0.2) is 91.0 Å². The zero-order chi connectivity index (χ0) is 27.1. The molecule has 2 unspecified atom stereocenters. The second kappa shape index (κ2) is 12.9. The fraction of sp³-hybridized carbons (Fsp3) is 0.406. The molecule has 0 aromatic heterocycles. The molecule has 1 saturated carbocycles. The summed E-state index contributed by atoms with van der Waals surface area (Å²) in [5.41, 5.74) is 2.12. The van der Waals surface area contributed by atoms with Crippen molar-refractivity contribution >= 4 is 5.97 Å². The second-order valence-corrected chi connectivity index (χ2v) is 9.93. The zero-order valence-electron chi connectivity index (χ0n) is 22.4. The van der Waals surface area contributed by atoms with Crippen LogP contribution in [-0.2, 0) is 53.0 Å². The van der Waals surface area contributed by atoms with Gasteiger partial charge >= 0.3 is 5.97 Å². The summed E-state index contributed by atoms with van der Waals surface area (Å²) in [5.74, 6) is -0.778. The Morgan fingerprint density at radius 2 is 1.26 bits per heavy atom. The monoisotopic (exact) mass is 532 g/mol. The molecule has 0 radical (unpaired) electrons. The maximum Gasteiger partial charge on any atom is 0.312 e. The van der Waals surface area contributed by atoms with Crippen molar-refractivity contribution in [3.05, 3.63) is 108 Å². The molecule has 39 heavy (non-hydrogen) atoms. The van der Waals surface area contributed by atoms with E-state index in [4.69, 9.17) is 28.4 Å². The number of methoxy groups -OCH3 is 1. The second-order valence-electron chi connectivity index (χ2n) is 9.93. The minimum atomic E-state index is -0.935. The number of esters is 1. The first-order valence-corrected chi connectivity index (χ1v) is 13.5. The summed E-state index contributed by atoms with van der Waals surface area (Å²) in [5, 5.41) is 0. The Labute approximate surface area is 229 Å². The number of hydrogen-bond acceptors (Lipinski definition) is 7. The lowest BCUT2D eigenvalue weighted by atomic mass is 9.94. The van der Waals surface area contributed by atoms with Gasteiger partial charge in [0.1, 0.15) is 23.9 Å². The van der Waals surface area contributed by atoms with E-state index in [0.717, 1.165) is 16.7 Å². The topological polar surface area (TPSA) is 72.5 Å². The van der Waals surface area contributed by atoms with Crippen LogP contribution in [0.2, 0.25) is 0 Å². The van der Waals surface area contributed by atoms with Crippen molar-refractivity contribution in [3.63, 3.8) is 0 Å². The third kappa shape index (κ3) is 6.40. The summed E-state index contributed by atoms with van der Waals surface area (Å²) >= 11 is 0. The predicted molar refractivity (Wildman–Crippen MR) is 144 cm³/mol. The van der Waals surface area contributed by atoms with Crippen molar-refractivity contribution in [2.75, 3.05) is 13.7 Å². The minimum absolute atomic E-state index is 0.297. The van der Waals surface area contributed by atoms with Gasteiger partial charge in [-0.25, -0.2) is 0 Å². The van der Waals surface area contributed by atoms with Gasteiger partial charge in [0, 0.05) is 7.11 Å². The van der Waals surface area contributed by atoms with Crippen LogP contribution < -0.4 is 0 Å². The lowest BCUT2D eigenvalue weighted by Gasteiger charge is -2.46. The molecule has 1 spiro atoms. The fourth-order valence-electron chi connectivity index (χ4n) is 5.25. The van der Waals surface area contributed by atoms with Gasteiger partial charge in [0.05, 0.1) is 32.3 Å². The Hall–Kier alpha value is -3.07. The van der Waals surface area contributed by atoms with Gasteiger partial charge in [-0.1, -0.05) is 91.0 Å². The highest BCUT2D eigenvalue weighted by molar-refractivity contribution is 5.78.